The van der Waals surface area contributed by atoms with Gasteiger partial charge in [-0.05, 0) is 42.0 Å². The third kappa shape index (κ3) is 4.19. The van der Waals surface area contributed by atoms with Gasteiger partial charge in [0.15, 0.2) is 5.82 Å². The molecule has 0 saturated heterocycles. The van der Waals surface area contributed by atoms with E-state index < -0.39 is 0 Å². The normalized spacial score (nSPS) is 10.8. The fourth-order valence-corrected chi connectivity index (χ4v) is 3.48. The Morgan fingerprint density at radius 2 is 1.96 bits per heavy atom. The van der Waals surface area contributed by atoms with E-state index in [4.69, 9.17) is 4.74 Å². The van der Waals surface area contributed by atoms with Gasteiger partial charge >= 0.3 is 6.01 Å². The third-order valence-electron chi connectivity index (χ3n) is 4.22. The summed E-state index contributed by atoms with van der Waals surface area (Å²) in [5, 5.41) is 6.14. The molecule has 2 aromatic heterocycles. The van der Waals surface area contributed by atoms with Crippen LogP contribution in [0.2, 0.25) is 0 Å². The van der Waals surface area contributed by atoms with Crippen LogP contribution in [0.4, 0.5) is 0 Å². The Morgan fingerprint density at radius 3 is 2.62 bits per heavy atom. The molecule has 0 unspecified atom stereocenters. The van der Waals surface area contributed by atoms with E-state index in [9.17, 15) is 4.79 Å². The maximum Gasteiger partial charge on any atom is 0.336 e. The number of aromatic nitrogens is 3. The highest BCUT2D eigenvalue weighted by atomic mass is 32.1. The maximum atomic E-state index is 12.9. The van der Waals surface area contributed by atoms with Crippen molar-refractivity contribution in [2.75, 3.05) is 7.11 Å². The van der Waals surface area contributed by atoms with Gasteiger partial charge < -0.3 is 4.74 Å². The Kier molecular flexibility index (Phi) is 6.17. The van der Waals surface area contributed by atoms with Crippen LogP contribution >= 0.6 is 11.3 Å². The van der Waals surface area contributed by atoms with E-state index >= 15 is 0 Å². The summed E-state index contributed by atoms with van der Waals surface area (Å²) in [5.41, 5.74) is 1.85. The number of aryl methyl sites for hydroxylation is 1. The van der Waals surface area contributed by atoms with Crippen LogP contribution in [-0.4, -0.2) is 27.8 Å². The number of carbonyl (C=O) groups is 1. The van der Waals surface area contributed by atoms with Crippen molar-refractivity contribution in [3.63, 3.8) is 0 Å². The van der Waals surface area contributed by atoms with Crippen LogP contribution in [-0.2, 0) is 6.42 Å². The van der Waals surface area contributed by atoms with Crippen LogP contribution < -0.4 is 4.74 Å². The van der Waals surface area contributed by atoms with Gasteiger partial charge in [0.05, 0.1) is 12.0 Å². The molecule has 0 N–H and O–H groups in total. The van der Waals surface area contributed by atoms with E-state index in [1.54, 1.807) is 0 Å². The Hall–Kier alpha value is -2.47. The molecule has 0 radical (unpaired) electrons. The molecule has 0 aliphatic heterocycles. The predicted molar refractivity (Wildman–Crippen MR) is 104 cm³/mol. The summed E-state index contributed by atoms with van der Waals surface area (Å²) in [5.74, 6) is 0.298. The Morgan fingerprint density at radius 1 is 1.15 bits per heavy atom. The highest BCUT2D eigenvalue weighted by Crippen LogP contribution is 2.25. The van der Waals surface area contributed by atoms with Gasteiger partial charge in [0.25, 0.3) is 5.91 Å². The van der Waals surface area contributed by atoms with Gasteiger partial charge in [0.1, 0.15) is 0 Å². The van der Waals surface area contributed by atoms with Crippen LogP contribution in [0.3, 0.4) is 0 Å². The number of carbonyl (C=O) groups excluding carboxylic acids is 1. The molecule has 3 rings (SSSR count). The van der Waals surface area contributed by atoms with E-state index in [1.165, 1.54) is 54.4 Å². The fourth-order valence-electron chi connectivity index (χ4n) is 2.78. The molecule has 5 nitrogen and oxygen atoms in total. The van der Waals surface area contributed by atoms with E-state index in [1.807, 2.05) is 41.8 Å². The summed E-state index contributed by atoms with van der Waals surface area (Å²) in [6.07, 6.45) is 5.99. The Labute approximate surface area is 157 Å². The largest absolute Gasteiger partial charge is 0.466 e. The Balaban J connectivity index is 1.78. The zero-order valence-electron chi connectivity index (χ0n) is 15.1. The first-order valence-corrected chi connectivity index (χ1v) is 9.79. The lowest BCUT2D eigenvalue weighted by atomic mass is 10.0. The molecular weight excluding hydrogens is 346 g/mol. The van der Waals surface area contributed by atoms with Gasteiger partial charge in [-0.1, -0.05) is 44.4 Å². The number of rotatable bonds is 8. The molecule has 0 atom stereocenters. The summed E-state index contributed by atoms with van der Waals surface area (Å²) in [6.45, 7) is 2.21. The van der Waals surface area contributed by atoms with Crippen molar-refractivity contribution in [2.24, 2.45) is 0 Å². The SMILES string of the molecule is CCCCCCc1ccc(C(=O)n2nc(OC)nc2-c2cccs2)cc1. The molecule has 0 bridgehead atoms. The average Bonchev–Trinajstić information content (AvgIpc) is 3.34. The lowest BCUT2D eigenvalue weighted by Crippen LogP contribution is -2.15. The van der Waals surface area contributed by atoms with Crippen molar-refractivity contribution in [2.45, 2.75) is 39.0 Å². The van der Waals surface area contributed by atoms with Crippen LogP contribution in [0.5, 0.6) is 6.01 Å². The van der Waals surface area contributed by atoms with Crippen molar-refractivity contribution >= 4 is 17.2 Å². The molecule has 0 fully saturated rings. The highest BCUT2D eigenvalue weighted by Gasteiger charge is 2.20. The lowest BCUT2D eigenvalue weighted by molar-refractivity contribution is 0.0945. The van der Waals surface area contributed by atoms with E-state index in [2.05, 4.69) is 17.0 Å². The second kappa shape index (κ2) is 8.76. The smallest absolute Gasteiger partial charge is 0.336 e. The van der Waals surface area contributed by atoms with Gasteiger partial charge in [-0.15, -0.1) is 16.4 Å². The Bertz CT molecular complexity index is 839. The van der Waals surface area contributed by atoms with Crippen molar-refractivity contribution in [1.82, 2.24) is 14.8 Å². The van der Waals surface area contributed by atoms with Crippen LogP contribution in [0.15, 0.2) is 41.8 Å². The molecule has 0 aliphatic rings. The number of thiophene rings is 1. The molecule has 0 saturated carbocycles. The van der Waals surface area contributed by atoms with Crippen molar-refractivity contribution in [1.29, 1.82) is 0 Å². The molecule has 1 aromatic carbocycles. The maximum absolute atomic E-state index is 12.9. The fraction of sp³-hybridized carbons (Fsp3) is 0.350. The number of methoxy groups -OCH3 is 1. The molecular formula is C20H23N3O2S. The van der Waals surface area contributed by atoms with Gasteiger partial charge in [-0.25, -0.2) is 0 Å². The highest BCUT2D eigenvalue weighted by molar-refractivity contribution is 7.13. The van der Waals surface area contributed by atoms with Crippen molar-refractivity contribution < 1.29 is 9.53 Å². The lowest BCUT2D eigenvalue weighted by Gasteiger charge is -2.05. The minimum Gasteiger partial charge on any atom is -0.466 e. The van der Waals surface area contributed by atoms with Crippen LogP contribution in [0.25, 0.3) is 10.7 Å². The topological polar surface area (TPSA) is 57.0 Å². The summed E-state index contributed by atoms with van der Waals surface area (Å²) >= 11 is 1.51. The van der Waals surface area contributed by atoms with Gasteiger partial charge in [0.2, 0.25) is 0 Å². The number of unbranched alkanes of at least 4 members (excludes halogenated alkanes) is 3. The minimum absolute atomic E-state index is 0.189. The third-order valence-corrected chi connectivity index (χ3v) is 5.09. The molecule has 0 spiro atoms. The summed E-state index contributed by atoms with van der Waals surface area (Å²) in [6, 6.07) is 11.8. The predicted octanol–water partition coefficient (Wildman–Crippen LogP) is 4.83. The van der Waals surface area contributed by atoms with Crippen LogP contribution in [0.1, 0.15) is 48.5 Å². The second-order valence-corrected chi connectivity index (χ2v) is 7.07. The monoisotopic (exact) mass is 369 g/mol. The van der Waals surface area contributed by atoms with E-state index in [-0.39, 0.29) is 11.9 Å². The molecule has 136 valence electrons. The number of nitrogens with zero attached hydrogens (tertiary/aromatic N) is 3. The number of benzene rings is 1. The molecule has 3 aromatic rings. The number of hydrogen-bond acceptors (Lipinski definition) is 5. The van der Waals surface area contributed by atoms with Crippen molar-refractivity contribution in [3.8, 4) is 16.7 Å². The summed E-state index contributed by atoms with van der Waals surface area (Å²) in [7, 11) is 1.50. The quantitative estimate of drug-likeness (QED) is 0.534. The number of ether oxygens (including phenoxy) is 1. The summed E-state index contributed by atoms with van der Waals surface area (Å²) in [4.78, 5) is 18.1. The first-order valence-electron chi connectivity index (χ1n) is 8.91. The molecule has 6 heteroatoms. The minimum atomic E-state index is -0.207. The second-order valence-electron chi connectivity index (χ2n) is 6.12. The number of hydrogen-bond donors (Lipinski definition) is 0. The standard InChI is InChI=1S/C20H23N3O2S/c1-3-4-5-6-8-15-10-12-16(13-11-15)19(24)23-18(17-9-7-14-26-17)21-20(22-23)25-2/h7,9-14H,3-6,8H2,1-2H3. The van der Waals surface area contributed by atoms with Gasteiger partial charge in [0, 0.05) is 5.56 Å². The zero-order valence-corrected chi connectivity index (χ0v) is 16.0. The molecule has 0 amide bonds. The zero-order chi connectivity index (χ0) is 18.4. The average molecular weight is 369 g/mol. The van der Waals surface area contributed by atoms with E-state index in [0.29, 0.717) is 11.4 Å². The van der Waals surface area contributed by atoms with Crippen molar-refractivity contribution in [3.05, 3.63) is 52.9 Å². The molecule has 0 aliphatic carbocycles. The first-order chi connectivity index (χ1) is 12.7. The van der Waals surface area contributed by atoms with Gasteiger partial charge in [-0.2, -0.15) is 9.67 Å². The summed E-state index contributed by atoms with van der Waals surface area (Å²) < 4.78 is 6.43. The first kappa shape index (κ1) is 18.3. The van der Waals surface area contributed by atoms with Gasteiger partial charge in [-0.3, -0.25) is 4.79 Å². The van der Waals surface area contributed by atoms with Crippen LogP contribution in [0, 0.1) is 0 Å². The molecule has 2 heterocycles. The van der Waals surface area contributed by atoms with E-state index in [0.717, 1.165) is 11.3 Å². The molecule has 26 heavy (non-hydrogen) atoms.